The minimum atomic E-state index is -0.215. The van der Waals surface area contributed by atoms with Crippen molar-refractivity contribution >= 4 is 29.9 Å². The number of nitrogens with one attached hydrogen (secondary N) is 2. The van der Waals surface area contributed by atoms with E-state index in [1.165, 1.54) is 0 Å². The number of nitrogens with zero attached hydrogens (tertiary/aromatic N) is 3. The molecule has 1 aliphatic carbocycles. The van der Waals surface area contributed by atoms with Crippen LogP contribution in [-0.4, -0.2) is 39.8 Å². The SMILES string of the molecule is CC1CCNCC1NC(=O)c1nc(C2CC2)n(-c2ccccc2Cl)n1.Cl. The third-order valence-electron chi connectivity index (χ3n) is 5.00. The molecule has 2 unspecified atom stereocenters. The van der Waals surface area contributed by atoms with Crippen molar-refractivity contribution in [3.8, 4) is 5.69 Å². The molecule has 4 rings (SSSR count). The smallest absolute Gasteiger partial charge is 0.291 e. The first-order chi connectivity index (χ1) is 12.1. The summed E-state index contributed by atoms with van der Waals surface area (Å²) >= 11 is 6.32. The number of carbonyl (C=O) groups excluding carboxylic acids is 1. The maximum atomic E-state index is 12.7. The normalized spacial score (nSPS) is 22.5. The fourth-order valence-corrected chi connectivity index (χ4v) is 3.46. The van der Waals surface area contributed by atoms with E-state index in [-0.39, 0.29) is 30.2 Å². The maximum Gasteiger partial charge on any atom is 0.291 e. The summed E-state index contributed by atoms with van der Waals surface area (Å²) in [5.74, 6) is 1.64. The molecular formula is C18H23Cl2N5O. The van der Waals surface area contributed by atoms with Gasteiger partial charge in [0.15, 0.2) is 0 Å². The van der Waals surface area contributed by atoms with E-state index in [4.69, 9.17) is 11.6 Å². The second-order valence-corrected chi connectivity index (χ2v) is 7.39. The molecule has 2 atom stereocenters. The molecule has 0 bridgehead atoms. The van der Waals surface area contributed by atoms with Gasteiger partial charge in [-0.25, -0.2) is 9.67 Å². The number of carbonyl (C=O) groups is 1. The Bertz CT molecular complexity index is 790. The zero-order valence-electron chi connectivity index (χ0n) is 14.6. The third kappa shape index (κ3) is 3.87. The number of hydrogen-bond acceptors (Lipinski definition) is 4. The summed E-state index contributed by atoms with van der Waals surface area (Å²) in [6, 6.07) is 7.62. The van der Waals surface area contributed by atoms with Crippen LogP contribution < -0.4 is 10.6 Å². The number of amides is 1. The average molecular weight is 396 g/mol. The largest absolute Gasteiger partial charge is 0.345 e. The highest BCUT2D eigenvalue weighted by Gasteiger charge is 2.32. The first-order valence-corrected chi connectivity index (χ1v) is 9.24. The molecule has 1 saturated heterocycles. The second kappa shape index (κ2) is 7.94. The summed E-state index contributed by atoms with van der Waals surface area (Å²) in [7, 11) is 0. The zero-order valence-corrected chi connectivity index (χ0v) is 16.2. The number of piperidine rings is 1. The summed E-state index contributed by atoms with van der Waals surface area (Å²) in [6.45, 7) is 3.95. The van der Waals surface area contributed by atoms with Gasteiger partial charge in [0.25, 0.3) is 5.91 Å². The molecule has 0 radical (unpaired) electrons. The predicted molar refractivity (Wildman–Crippen MR) is 103 cm³/mol. The fraction of sp³-hybridized carbons (Fsp3) is 0.500. The molecule has 2 aromatic rings. The van der Waals surface area contributed by atoms with Crippen molar-refractivity contribution in [2.24, 2.45) is 5.92 Å². The van der Waals surface area contributed by atoms with Crippen molar-refractivity contribution < 1.29 is 4.79 Å². The van der Waals surface area contributed by atoms with Crippen LogP contribution in [0.5, 0.6) is 0 Å². The van der Waals surface area contributed by atoms with E-state index >= 15 is 0 Å². The lowest BCUT2D eigenvalue weighted by Gasteiger charge is -2.29. The molecular weight excluding hydrogens is 373 g/mol. The minimum Gasteiger partial charge on any atom is -0.345 e. The lowest BCUT2D eigenvalue weighted by Crippen LogP contribution is -2.50. The molecule has 140 valence electrons. The highest BCUT2D eigenvalue weighted by Crippen LogP contribution is 2.40. The molecule has 1 aromatic carbocycles. The Morgan fingerprint density at radius 3 is 2.77 bits per heavy atom. The number of hydrogen-bond donors (Lipinski definition) is 2. The molecule has 26 heavy (non-hydrogen) atoms. The number of rotatable bonds is 4. The Labute approximate surface area is 164 Å². The number of para-hydroxylation sites is 1. The lowest BCUT2D eigenvalue weighted by molar-refractivity contribution is 0.0904. The number of benzene rings is 1. The molecule has 0 spiro atoms. The molecule has 1 amide bonds. The second-order valence-electron chi connectivity index (χ2n) is 6.98. The minimum absolute atomic E-state index is 0. The fourth-order valence-electron chi connectivity index (χ4n) is 3.24. The lowest BCUT2D eigenvalue weighted by atomic mass is 9.95. The molecule has 1 aromatic heterocycles. The molecule has 8 heteroatoms. The summed E-state index contributed by atoms with van der Waals surface area (Å²) in [5, 5.41) is 11.5. The number of halogens is 2. The first-order valence-electron chi connectivity index (χ1n) is 8.87. The van der Waals surface area contributed by atoms with Crippen molar-refractivity contribution in [1.82, 2.24) is 25.4 Å². The van der Waals surface area contributed by atoms with Crippen LogP contribution in [0.4, 0.5) is 0 Å². The summed E-state index contributed by atoms with van der Waals surface area (Å²) in [6.07, 6.45) is 3.21. The van der Waals surface area contributed by atoms with E-state index in [1.807, 2.05) is 24.3 Å². The molecule has 2 fully saturated rings. The van der Waals surface area contributed by atoms with Crippen LogP contribution in [0.1, 0.15) is 48.5 Å². The van der Waals surface area contributed by atoms with Crippen LogP contribution in [-0.2, 0) is 0 Å². The maximum absolute atomic E-state index is 12.7. The molecule has 2 aliphatic rings. The monoisotopic (exact) mass is 395 g/mol. The highest BCUT2D eigenvalue weighted by atomic mass is 35.5. The van der Waals surface area contributed by atoms with E-state index in [0.29, 0.717) is 16.9 Å². The quantitative estimate of drug-likeness (QED) is 0.834. The van der Waals surface area contributed by atoms with Gasteiger partial charge in [-0.15, -0.1) is 17.5 Å². The van der Waals surface area contributed by atoms with Crippen LogP contribution in [0, 0.1) is 5.92 Å². The first kappa shape index (κ1) is 19.1. The van der Waals surface area contributed by atoms with Crippen molar-refractivity contribution in [1.29, 1.82) is 0 Å². The van der Waals surface area contributed by atoms with Crippen LogP contribution in [0.2, 0.25) is 5.02 Å². The van der Waals surface area contributed by atoms with Gasteiger partial charge in [0.2, 0.25) is 5.82 Å². The number of aromatic nitrogens is 3. The van der Waals surface area contributed by atoms with Crippen molar-refractivity contribution in [2.45, 2.75) is 38.1 Å². The Morgan fingerprint density at radius 1 is 1.31 bits per heavy atom. The topological polar surface area (TPSA) is 71.8 Å². The average Bonchev–Trinajstić information content (AvgIpc) is 3.36. The summed E-state index contributed by atoms with van der Waals surface area (Å²) < 4.78 is 1.73. The van der Waals surface area contributed by atoms with Gasteiger partial charge in [-0.2, -0.15) is 0 Å². The Morgan fingerprint density at radius 2 is 2.08 bits per heavy atom. The Hall–Kier alpha value is -1.63. The van der Waals surface area contributed by atoms with Crippen LogP contribution in [0.15, 0.2) is 24.3 Å². The van der Waals surface area contributed by atoms with Crippen molar-refractivity contribution in [3.63, 3.8) is 0 Å². The van der Waals surface area contributed by atoms with E-state index in [0.717, 1.165) is 43.9 Å². The van der Waals surface area contributed by atoms with Gasteiger partial charge in [0.1, 0.15) is 5.82 Å². The third-order valence-corrected chi connectivity index (χ3v) is 5.32. The highest BCUT2D eigenvalue weighted by molar-refractivity contribution is 6.32. The van der Waals surface area contributed by atoms with Gasteiger partial charge in [-0.3, -0.25) is 4.79 Å². The van der Waals surface area contributed by atoms with Crippen molar-refractivity contribution in [2.75, 3.05) is 13.1 Å². The van der Waals surface area contributed by atoms with Crippen molar-refractivity contribution in [3.05, 3.63) is 40.9 Å². The van der Waals surface area contributed by atoms with Crippen LogP contribution >= 0.6 is 24.0 Å². The molecule has 1 saturated carbocycles. The Kier molecular flexibility index (Phi) is 5.85. The van der Waals surface area contributed by atoms with E-state index < -0.39 is 0 Å². The van der Waals surface area contributed by atoms with Crippen LogP contribution in [0.3, 0.4) is 0 Å². The van der Waals surface area contributed by atoms with Gasteiger partial charge < -0.3 is 10.6 Å². The standard InChI is InChI=1S/C18H22ClN5O.ClH/c1-11-8-9-20-10-14(11)21-18(25)16-22-17(12-6-7-12)24(23-16)15-5-3-2-4-13(15)19;/h2-5,11-12,14,20H,6-10H2,1H3,(H,21,25);1H. The van der Waals surface area contributed by atoms with Crippen LogP contribution in [0.25, 0.3) is 5.69 Å². The van der Waals surface area contributed by atoms with E-state index in [2.05, 4.69) is 27.6 Å². The van der Waals surface area contributed by atoms with Gasteiger partial charge in [0.05, 0.1) is 10.7 Å². The van der Waals surface area contributed by atoms with E-state index in [9.17, 15) is 4.79 Å². The predicted octanol–water partition coefficient (Wildman–Crippen LogP) is 2.95. The Balaban J connectivity index is 0.00000196. The molecule has 6 nitrogen and oxygen atoms in total. The molecule has 2 heterocycles. The molecule has 1 aliphatic heterocycles. The van der Waals surface area contributed by atoms with Gasteiger partial charge in [0, 0.05) is 18.5 Å². The van der Waals surface area contributed by atoms with Gasteiger partial charge in [-0.05, 0) is 43.9 Å². The van der Waals surface area contributed by atoms with E-state index in [1.54, 1.807) is 4.68 Å². The van der Waals surface area contributed by atoms with Gasteiger partial charge >= 0.3 is 0 Å². The zero-order chi connectivity index (χ0) is 17.4. The van der Waals surface area contributed by atoms with Gasteiger partial charge in [-0.1, -0.05) is 30.7 Å². The summed E-state index contributed by atoms with van der Waals surface area (Å²) in [5.41, 5.74) is 0.769. The summed E-state index contributed by atoms with van der Waals surface area (Å²) in [4.78, 5) is 17.2. The molecule has 2 N–H and O–H groups in total.